The molecule has 34 heavy (non-hydrogen) atoms. The van der Waals surface area contributed by atoms with Gasteiger partial charge in [-0.2, -0.15) is 0 Å². The van der Waals surface area contributed by atoms with E-state index in [2.05, 4.69) is 45.7 Å². The molecule has 1 aliphatic rings. The van der Waals surface area contributed by atoms with Gasteiger partial charge in [0.15, 0.2) is 0 Å². The molecule has 1 aliphatic heterocycles. The van der Waals surface area contributed by atoms with E-state index in [1.165, 1.54) is 12.1 Å². The van der Waals surface area contributed by atoms with Crippen molar-refractivity contribution in [3.8, 4) is 5.75 Å². The van der Waals surface area contributed by atoms with Gasteiger partial charge < -0.3 is 19.4 Å². The van der Waals surface area contributed by atoms with Crippen molar-refractivity contribution in [1.82, 2.24) is 5.32 Å². The van der Waals surface area contributed by atoms with Crippen LogP contribution in [0.4, 0.5) is 4.39 Å². The molecule has 0 aromatic heterocycles. The van der Waals surface area contributed by atoms with Crippen molar-refractivity contribution in [3.05, 3.63) is 23.5 Å². The molecule has 0 saturated carbocycles. The van der Waals surface area contributed by atoms with E-state index >= 15 is 4.39 Å². The number of hydrogen-bond donors (Lipinski definition) is 1. The highest BCUT2D eigenvalue weighted by molar-refractivity contribution is 6.76. The Morgan fingerprint density at radius 3 is 2.06 bits per heavy atom. The minimum Gasteiger partial charge on any atom is -0.493 e. The van der Waals surface area contributed by atoms with Crippen LogP contribution in [0.1, 0.15) is 79.1 Å². The second-order valence-electron chi connectivity index (χ2n) is 13.7. The Morgan fingerprint density at radius 1 is 1.06 bits per heavy atom. The second kappa shape index (κ2) is 9.58. The summed E-state index contributed by atoms with van der Waals surface area (Å²) in [5.41, 5.74) is -1.16. The minimum atomic E-state index is -1.36. The number of hydrogen-bond acceptors (Lipinski definition) is 4. The maximum absolute atomic E-state index is 15.3. The fourth-order valence-electron chi connectivity index (χ4n) is 4.23. The number of carbonyl (C=O) groups is 1. The molecule has 0 atom stereocenters. The Kier molecular flexibility index (Phi) is 8.13. The maximum Gasteiger partial charge on any atom is 0.497 e. The van der Waals surface area contributed by atoms with Crippen LogP contribution in [0.15, 0.2) is 12.1 Å². The van der Waals surface area contributed by atoms with Crippen LogP contribution in [0.2, 0.25) is 25.7 Å². The van der Waals surface area contributed by atoms with E-state index < -0.39 is 37.8 Å². The van der Waals surface area contributed by atoms with Crippen LogP contribution >= 0.6 is 0 Å². The molecule has 1 saturated heterocycles. The van der Waals surface area contributed by atoms with Crippen LogP contribution < -0.4 is 15.5 Å². The van der Waals surface area contributed by atoms with Crippen molar-refractivity contribution >= 4 is 26.6 Å². The number of ether oxygens (including phenoxy) is 1. The lowest BCUT2D eigenvalue weighted by Gasteiger charge is -2.33. The summed E-state index contributed by atoms with van der Waals surface area (Å²) in [6.07, 6.45) is 0.781. The summed E-state index contributed by atoms with van der Waals surface area (Å²) in [4.78, 5) is 13.5. The number of benzene rings is 1. The topological polar surface area (TPSA) is 56.8 Å². The van der Waals surface area contributed by atoms with Gasteiger partial charge >= 0.3 is 7.12 Å². The van der Waals surface area contributed by atoms with E-state index in [4.69, 9.17) is 14.0 Å². The zero-order chi connectivity index (χ0) is 26.3. The zero-order valence-electron chi connectivity index (χ0n) is 23.4. The largest absolute Gasteiger partial charge is 0.497 e. The third-order valence-electron chi connectivity index (χ3n) is 6.38. The van der Waals surface area contributed by atoms with E-state index in [-0.39, 0.29) is 22.5 Å². The molecule has 1 aromatic rings. The molecular formula is C26H45BFNO4Si. The Morgan fingerprint density at radius 2 is 1.59 bits per heavy atom. The Balaban J connectivity index is 2.43. The van der Waals surface area contributed by atoms with Crippen LogP contribution in [0.5, 0.6) is 5.75 Å². The van der Waals surface area contributed by atoms with Crippen LogP contribution in [-0.4, -0.2) is 44.4 Å². The summed E-state index contributed by atoms with van der Waals surface area (Å²) in [5.74, 6) is -0.554. The van der Waals surface area contributed by atoms with Crippen molar-refractivity contribution in [3.63, 3.8) is 0 Å². The fourth-order valence-corrected chi connectivity index (χ4v) is 4.95. The number of halogens is 1. The van der Waals surface area contributed by atoms with Crippen molar-refractivity contribution < 1.29 is 23.2 Å². The molecule has 1 heterocycles. The van der Waals surface area contributed by atoms with Gasteiger partial charge in [0.2, 0.25) is 0 Å². The van der Waals surface area contributed by atoms with Crippen LogP contribution in [0.3, 0.4) is 0 Å². The molecule has 8 heteroatoms. The SMILES string of the molecule is CC(C)(C)CC(C)(C)NC(=O)c1cc(B2OC(C)(C)C(C)(C)O2)c(F)cc1OCC[Si](C)(C)C. The van der Waals surface area contributed by atoms with Gasteiger partial charge in [-0.05, 0) is 65.5 Å². The van der Waals surface area contributed by atoms with Gasteiger partial charge in [-0.1, -0.05) is 40.4 Å². The van der Waals surface area contributed by atoms with Crippen molar-refractivity contribution in [2.24, 2.45) is 5.41 Å². The number of rotatable bonds is 8. The van der Waals surface area contributed by atoms with Crippen molar-refractivity contribution in [1.29, 1.82) is 0 Å². The van der Waals surface area contributed by atoms with E-state index in [0.29, 0.717) is 12.2 Å². The Hall–Kier alpha value is -1.38. The summed E-state index contributed by atoms with van der Waals surface area (Å²) in [6, 6.07) is 3.74. The first-order valence-electron chi connectivity index (χ1n) is 12.3. The summed E-state index contributed by atoms with van der Waals surface area (Å²) < 4.78 is 33.4. The average molecular weight is 494 g/mol. The molecule has 0 radical (unpaired) electrons. The molecule has 0 aliphatic carbocycles. The molecule has 2 rings (SSSR count). The minimum absolute atomic E-state index is 0.0318. The predicted molar refractivity (Wildman–Crippen MR) is 141 cm³/mol. The lowest BCUT2D eigenvalue weighted by atomic mass is 9.77. The Bertz CT molecular complexity index is 887. The van der Waals surface area contributed by atoms with Gasteiger partial charge in [0.25, 0.3) is 5.91 Å². The molecule has 5 nitrogen and oxygen atoms in total. The number of amides is 1. The van der Waals surface area contributed by atoms with Gasteiger partial charge in [0.1, 0.15) is 11.6 Å². The predicted octanol–water partition coefficient (Wildman–Crippen LogP) is 5.79. The summed E-state index contributed by atoms with van der Waals surface area (Å²) in [6.45, 7) is 25.3. The standard InChI is InChI=1S/C26H45BFNO4Si/c1-23(2,3)17-24(4,5)29-22(30)18-15-19(27-32-25(6,7)26(8,9)33-27)20(28)16-21(18)31-13-14-34(10,11)12/h15-16H,13-14,17H2,1-12H3,(H,29,30). The maximum atomic E-state index is 15.3. The molecule has 1 amide bonds. The van der Waals surface area contributed by atoms with E-state index in [9.17, 15) is 4.79 Å². The lowest BCUT2D eigenvalue weighted by Crippen LogP contribution is -2.46. The molecule has 0 unspecified atom stereocenters. The van der Waals surface area contributed by atoms with Crippen LogP contribution in [0.25, 0.3) is 0 Å². The van der Waals surface area contributed by atoms with Crippen LogP contribution in [-0.2, 0) is 9.31 Å². The summed E-state index contributed by atoms with van der Waals surface area (Å²) in [7, 11) is -2.27. The third kappa shape index (κ3) is 7.56. The van der Waals surface area contributed by atoms with Gasteiger partial charge in [-0.25, -0.2) is 4.39 Å². The smallest absolute Gasteiger partial charge is 0.493 e. The molecular weight excluding hydrogens is 448 g/mol. The van der Waals surface area contributed by atoms with Crippen molar-refractivity contribution in [2.75, 3.05) is 6.61 Å². The molecule has 0 bridgehead atoms. The van der Waals surface area contributed by atoms with Gasteiger partial charge in [-0.3, -0.25) is 4.79 Å². The van der Waals surface area contributed by atoms with Crippen molar-refractivity contribution in [2.45, 2.75) is 111 Å². The monoisotopic (exact) mass is 493 g/mol. The molecule has 1 aromatic carbocycles. The van der Waals surface area contributed by atoms with E-state index in [0.717, 1.165) is 12.5 Å². The highest BCUT2D eigenvalue weighted by Gasteiger charge is 2.52. The normalized spacial score (nSPS) is 18.2. The summed E-state index contributed by atoms with van der Waals surface area (Å²) >= 11 is 0. The average Bonchev–Trinajstić information content (AvgIpc) is 2.78. The van der Waals surface area contributed by atoms with Crippen LogP contribution in [0, 0.1) is 11.2 Å². The highest BCUT2D eigenvalue weighted by Crippen LogP contribution is 2.37. The third-order valence-corrected chi connectivity index (χ3v) is 8.09. The first-order chi connectivity index (χ1) is 15.1. The zero-order valence-corrected chi connectivity index (χ0v) is 24.4. The fraction of sp³-hybridized carbons (Fsp3) is 0.731. The number of nitrogens with one attached hydrogen (secondary N) is 1. The second-order valence-corrected chi connectivity index (χ2v) is 19.3. The Labute approximate surface area is 207 Å². The molecule has 1 fully saturated rings. The molecule has 192 valence electrons. The first kappa shape index (κ1) is 28.9. The lowest BCUT2D eigenvalue weighted by molar-refractivity contribution is 0.00578. The first-order valence-corrected chi connectivity index (χ1v) is 16.0. The highest BCUT2D eigenvalue weighted by atomic mass is 28.3. The van der Waals surface area contributed by atoms with Gasteiger partial charge in [0.05, 0.1) is 23.4 Å². The van der Waals surface area contributed by atoms with E-state index in [1.54, 1.807) is 0 Å². The van der Waals surface area contributed by atoms with Gasteiger partial charge in [-0.15, -0.1) is 0 Å². The molecule has 0 spiro atoms. The quantitative estimate of drug-likeness (QED) is 0.466. The molecule has 1 N–H and O–H groups in total. The number of carbonyl (C=O) groups excluding carboxylic acids is 1. The van der Waals surface area contributed by atoms with Gasteiger partial charge in [0, 0.05) is 25.1 Å². The summed E-state index contributed by atoms with van der Waals surface area (Å²) in [5, 5.41) is 3.13. The van der Waals surface area contributed by atoms with E-state index in [1.807, 2.05) is 41.5 Å².